The van der Waals surface area contributed by atoms with Gasteiger partial charge in [-0.25, -0.2) is 8.78 Å². The van der Waals surface area contributed by atoms with E-state index in [1.165, 1.54) is 12.1 Å². The molecule has 1 fully saturated rings. The lowest BCUT2D eigenvalue weighted by Gasteiger charge is -2.37. The average Bonchev–Trinajstić information content (AvgIpc) is 2.40. The average molecular weight is 284 g/mol. The third kappa shape index (κ3) is 3.32. The summed E-state index contributed by atoms with van der Waals surface area (Å²) in [5.74, 6) is -2.90. The smallest absolute Gasteiger partial charge is 0.305 e. The van der Waals surface area contributed by atoms with Gasteiger partial charge in [0.05, 0.1) is 6.42 Å². The lowest BCUT2D eigenvalue weighted by Crippen LogP contribution is -2.46. The molecular formula is C14H18F2N2O2. The number of carbonyl (C=O) groups is 1. The summed E-state index contributed by atoms with van der Waals surface area (Å²) in [4.78, 5) is 15.1. The molecule has 6 heteroatoms. The highest BCUT2D eigenvalue weighted by molar-refractivity contribution is 5.68. The van der Waals surface area contributed by atoms with Crippen LogP contribution in [0.2, 0.25) is 0 Å². The Labute approximate surface area is 116 Å². The first-order valence-electron chi connectivity index (χ1n) is 6.57. The Hall–Kier alpha value is -1.53. The fourth-order valence-corrected chi connectivity index (χ4v) is 2.51. The van der Waals surface area contributed by atoms with Crippen LogP contribution in [-0.4, -0.2) is 54.1 Å². The van der Waals surface area contributed by atoms with Crippen molar-refractivity contribution in [3.05, 3.63) is 35.4 Å². The van der Waals surface area contributed by atoms with Crippen LogP contribution in [-0.2, 0) is 4.79 Å². The highest BCUT2D eigenvalue weighted by atomic mass is 19.2. The fourth-order valence-electron chi connectivity index (χ4n) is 2.51. The van der Waals surface area contributed by atoms with Crippen molar-refractivity contribution >= 4 is 5.97 Å². The predicted molar refractivity (Wildman–Crippen MR) is 70.4 cm³/mol. The van der Waals surface area contributed by atoms with Crippen molar-refractivity contribution in [2.24, 2.45) is 0 Å². The van der Waals surface area contributed by atoms with Crippen molar-refractivity contribution in [1.82, 2.24) is 9.80 Å². The van der Waals surface area contributed by atoms with Crippen LogP contribution in [0.1, 0.15) is 18.0 Å². The Morgan fingerprint density at radius 1 is 1.30 bits per heavy atom. The van der Waals surface area contributed by atoms with Gasteiger partial charge in [-0.05, 0) is 13.1 Å². The van der Waals surface area contributed by atoms with Gasteiger partial charge in [0, 0.05) is 37.8 Å². The largest absolute Gasteiger partial charge is 0.481 e. The van der Waals surface area contributed by atoms with E-state index in [9.17, 15) is 13.6 Å². The van der Waals surface area contributed by atoms with E-state index in [1.807, 2.05) is 11.9 Å². The Kier molecular flexibility index (Phi) is 4.67. The molecular weight excluding hydrogens is 266 g/mol. The van der Waals surface area contributed by atoms with Crippen molar-refractivity contribution < 1.29 is 18.7 Å². The molecule has 110 valence electrons. The topological polar surface area (TPSA) is 43.8 Å². The molecule has 1 saturated heterocycles. The zero-order valence-electron chi connectivity index (χ0n) is 11.4. The number of likely N-dealkylation sites (N-methyl/N-ethyl adjacent to an activating group) is 1. The summed E-state index contributed by atoms with van der Waals surface area (Å²) >= 11 is 0. The minimum absolute atomic E-state index is 0.122. The molecule has 2 rings (SSSR count). The molecule has 1 N–H and O–H groups in total. The van der Waals surface area contributed by atoms with Gasteiger partial charge < -0.3 is 10.0 Å². The summed E-state index contributed by atoms with van der Waals surface area (Å²) in [5, 5.41) is 9.03. The van der Waals surface area contributed by atoms with E-state index in [0.29, 0.717) is 13.1 Å². The number of halogens is 2. The van der Waals surface area contributed by atoms with Crippen molar-refractivity contribution in [2.45, 2.75) is 12.5 Å². The monoisotopic (exact) mass is 284 g/mol. The molecule has 0 radical (unpaired) electrons. The summed E-state index contributed by atoms with van der Waals surface area (Å²) in [6.07, 6.45) is -0.232. The quantitative estimate of drug-likeness (QED) is 0.914. The Balaban J connectivity index is 2.27. The molecule has 4 nitrogen and oxygen atoms in total. The number of piperazine rings is 1. The zero-order valence-corrected chi connectivity index (χ0v) is 11.4. The first-order valence-corrected chi connectivity index (χ1v) is 6.57. The molecule has 1 heterocycles. The Morgan fingerprint density at radius 2 is 1.95 bits per heavy atom. The van der Waals surface area contributed by atoms with Gasteiger partial charge in [0.25, 0.3) is 0 Å². The molecule has 0 bridgehead atoms. The summed E-state index contributed by atoms with van der Waals surface area (Å²) in [7, 11) is 1.98. The maximum Gasteiger partial charge on any atom is 0.305 e. The number of carboxylic acid groups (broad SMARTS) is 1. The van der Waals surface area contributed by atoms with Crippen LogP contribution in [0.5, 0.6) is 0 Å². The fraction of sp³-hybridized carbons (Fsp3) is 0.500. The molecule has 20 heavy (non-hydrogen) atoms. The molecule has 0 aromatic heterocycles. The normalized spacial score (nSPS) is 18.9. The van der Waals surface area contributed by atoms with Crippen LogP contribution in [0.3, 0.4) is 0 Å². The van der Waals surface area contributed by atoms with E-state index in [2.05, 4.69) is 4.90 Å². The molecule has 1 aromatic rings. The molecule has 1 aliphatic heterocycles. The van der Waals surface area contributed by atoms with Crippen LogP contribution < -0.4 is 0 Å². The number of rotatable bonds is 4. The second-order valence-electron chi connectivity index (χ2n) is 5.10. The van der Waals surface area contributed by atoms with Crippen LogP contribution >= 0.6 is 0 Å². The van der Waals surface area contributed by atoms with E-state index in [1.54, 1.807) is 0 Å². The highest BCUT2D eigenvalue weighted by Gasteiger charge is 2.28. The number of hydrogen-bond donors (Lipinski definition) is 1. The van der Waals surface area contributed by atoms with Gasteiger partial charge >= 0.3 is 5.97 Å². The van der Waals surface area contributed by atoms with Gasteiger partial charge in [-0.1, -0.05) is 12.1 Å². The third-order valence-corrected chi connectivity index (χ3v) is 3.69. The zero-order chi connectivity index (χ0) is 14.7. The number of benzene rings is 1. The second kappa shape index (κ2) is 6.28. The van der Waals surface area contributed by atoms with E-state index >= 15 is 0 Å². The van der Waals surface area contributed by atoms with Crippen LogP contribution in [0.25, 0.3) is 0 Å². The third-order valence-electron chi connectivity index (χ3n) is 3.69. The van der Waals surface area contributed by atoms with E-state index in [4.69, 9.17) is 5.11 Å². The van der Waals surface area contributed by atoms with Gasteiger partial charge in [-0.15, -0.1) is 0 Å². The molecule has 0 amide bonds. The minimum atomic E-state index is -1.02. The SMILES string of the molecule is CN1CCN(C(CC(=O)O)c2cccc(F)c2F)CC1. The molecule has 1 unspecified atom stereocenters. The van der Waals surface area contributed by atoms with Crippen LogP contribution in [0.15, 0.2) is 18.2 Å². The maximum absolute atomic E-state index is 13.9. The van der Waals surface area contributed by atoms with Crippen molar-refractivity contribution in [2.75, 3.05) is 33.2 Å². The Morgan fingerprint density at radius 3 is 2.55 bits per heavy atom. The first-order chi connectivity index (χ1) is 9.49. The van der Waals surface area contributed by atoms with Gasteiger partial charge in [0.1, 0.15) is 0 Å². The van der Waals surface area contributed by atoms with E-state index in [-0.39, 0.29) is 12.0 Å². The van der Waals surface area contributed by atoms with Crippen molar-refractivity contribution in [3.63, 3.8) is 0 Å². The lowest BCUT2D eigenvalue weighted by molar-refractivity contribution is -0.138. The van der Waals surface area contributed by atoms with Gasteiger partial charge in [0.15, 0.2) is 11.6 Å². The number of hydrogen-bond acceptors (Lipinski definition) is 3. The summed E-state index contributed by atoms with van der Waals surface area (Å²) < 4.78 is 27.3. The van der Waals surface area contributed by atoms with E-state index < -0.39 is 23.6 Å². The van der Waals surface area contributed by atoms with Crippen molar-refractivity contribution in [1.29, 1.82) is 0 Å². The van der Waals surface area contributed by atoms with Gasteiger partial charge in [0.2, 0.25) is 0 Å². The van der Waals surface area contributed by atoms with Crippen LogP contribution in [0, 0.1) is 11.6 Å². The van der Waals surface area contributed by atoms with Crippen molar-refractivity contribution in [3.8, 4) is 0 Å². The highest BCUT2D eigenvalue weighted by Crippen LogP contribution is 2.28. The number of nitrogens with zero attached hydrogens (tertiary/aromatic N) is 2. The lowest BCUT2D eigenvalue weighted by atomic mass is 10.00. The molecule has 1 atom stereocenters. The minimum Gasteiger partial charge on any atom is -0.481 e. The molecule has 0 saturated carbocycles. The second-order valence-corrected chi connectivity index (χ2v) is 5.10. The van der Waals surface area contributed by atoms with Gasteiger partial charge in [-0.2, -0.15) is 0 Å². The molecule has 0 spiro atoms. The van der Waals surface area contributed by atoms with Gasteiger partial charge in [-0.3, -0.25) is 9.69 Å². The summed E-state index contributed by atoms with van der Waals surface area (Å²) in [6.45, 7) is 2.86. The van der Waals surface area contributed by atoms with Crippen LogP contribution in [0.4, 0.5) is 8.78 Å². The van der Waals surface area contributed by atoms with E-state index in [0.717, 1.165) is 19.2 Å². The summed E-state index contributed by atoms with van der Waals surface area (Å²) in [6, 6.07) is 3.29. The molecule has 1 aliphatic rings. The number of carboxylic acids is 1. The molecule has 1 aromatic carbocycles. The maximum atomic E-state index is 13.9. The molecule has 0 aliphatic carbocycles. The number of aliphatic carboxylic acids is 1. The standard InChI is InChI=1S/C14H18F2N2O2/c1-17-5-7-18(8-6-17)12(9-13(19)20)10-3-2-4-11(15)14(10)16/h2-4,12H,5-9H2,1H3,(H,19,20). The predicted octanol–water partition coefficient (Wildman–Crippen LogP) is 1.73. The Bertz CT molecular complexity index is 488. The summed E-state index contributed by atoms with van der Waals surface area (Å²) in [5.41, 5.74) is 0.122. The first kappa shape index (κ1) is 14.9.